The molecule has 0 aromatic carbocycles. The van der Waals surface area contributed by atoms with E-state index < -0.39 is 23.6 Å². The molecule has 0 heterocycles. The van der Waals surface area contributed by atoms with Gasteiger partial charge in [0.05, 0.1) is 13.2 Å². The predicted molar refractivity (Wildman–Crippen MR) is 33.1 cm³/mol. The molecule has 0 aliphatic heterocycles. The Balaban J connectivity index is 0. The van der Waals surface area contributed by atoms with Crippen LogP contribution in [0, 0.1) is 0 Å². The van der Waals surface area contributed by atoms with Gasteiger partial charge >= 0.3 is 48.1 Å². The summed E-state index contributed by atoms with van der Waals surface area (Å²) >= 11 is 0. The van der Waals surface area contributed by atoms with Gasteiger partial charge in [0, 0.05) is 0 Å². The standard InChI is InChI=1S/C2H6O5S.Ca.2H/c3-1-2-7-8(4,5)6;;;/h3H,1-2H2,(H,4,5,6);;;. The van der Waals surface area contributed by atoms with Crippen molar-refractivity contribution in [1.29, 1.82) is 0 Å². The summed E-state index contributed by atoms with van der Waals surface area (Å²) in [6.45, 7) is -0.835. The zero-order valence-electron chi connectivity index (χ0n) is 3.94. The first kappa shape index (κ1) is 12.7. The van der Waals surface area contributed by atoms with Crippen molar-refractivity contribution in [3.63, 3.8) is 0 Å². The fourth-order valence-electron chi connectivity index (χ4n) is 0.143. The van der Waals surface area contributed by atoms with Crippen molar-refractivity contribution in [2.75, 3.05) is 13.2 Å². The zero-order valence-corrected chi connectivity index (χ0v) is 4.76. The van der Waals surface area contributed by atoms with Crippen LogP contribution in [0.25, 0.3) is 0 Å². The van der Waals surface area contributed by atoms with Gasteiger partial charge in [0.1, 0.15) is 0 Å². The van der Waals surface area contributed by atoms with E-state index in [1.165, 1.54) is 0 Å². The van der Waals surface area contributed by atoms with Crippen molar-refractivity contribution < 1.29 is 22.3 Å². The molecule has 2 N–H and O–H groups in total. The third-order valence-electron chi connectivity index (χ3n) is 0.324. The van der Waals surface area contributed by atoms with Crippen LogP contribution in [-0.2, 0) is 14.6 Å². The molecule has 0 radical (unpaired) electrons. The molecule has 0 bridgehead atoms. The van der Waals surface area contributed by atoms with Crippen LogP contribution in [-0.4, -0.2) is 69.0 Å². The van der Waals surface area contributed by atoms with E-state index in [9.17, 15) is 8.42 Å². The molecule has 0 unspecified atom stereocenters. The van der Waals surface area contributed by atoms with Gasteiger partial charge in [-0.2, -0.15) is 8.42 Å². The summed E-state index contributed by atoms with van der Waals surface area (Å²) in [5.41, 5.74) is 0. The molecule has 5 nitrogen and oxygen atoms in total. The Morgan fingerprint density at radius 2 is 1.89 bits per heavy atom. The zero-order chi connectivity index (χ0) is 6.62. The van der Waals surface area contributed by atoms with Crippen LogP contribution in [0.4, 0.5) is 0 Å². The van der Waals surface area contributed by atoms with E-state index in [2.05, 4.69) is 4.18 Å². The van der Waals surface area contributed by atoms with E-state index in [1.54, 1.807) is 0 Å². The molecular formula is C2H8CaO5S. The summed E-state index contributed by atoms with van der Waals surface area (Å²) in [7, 11) is -4.35. The van der Waals surface area contributed by atoms with E-state index in [-0.39, 0.29) is 37.7 Å². The molecule has 9 heavy (non-hydrogen) atoms. The second kappa shape index (κ2) is 5.84. The first-order chi connectivity index (χ1) is 3.56. The van der Waals surface area contributed by atoms with Crippen molar-refractivity contribution in [1.82, 2.24) is 0 Å². The Bertz CT molecular complexity index is 139. The summed E-state index contributed by atoms with van der Waals surface area (Å²) in [5.74, 6) is 0. The molecule has 0 fully saturated rings. The van der Waals surface area contributed by atoms with Crippen LogP contribution < -0.4 is 0 Å². The molecule has 0 spiro atoms. The number of rotatable bonds is 3. The summed E-state index contributed by atoms with van der Waals surface area (Å²) in [6.07, 6.45) is 0. The fraction of sp³-hybridized carbons (Fsp3) is 1.00. The average Bonchev–Trinajstić information content (AvgIpc) is 1.59. The van der Waals surface area contributed by atoms with E-state index >= 15 is 0 Å². The quantitative estimate of drug-likeness (QED) is 0.387. The molecule has 0 atom stereocenters. The number of aliphatic hydroxyl groups excluding tert-OH is 1. The van der Waals surface area contributed by atoms with Crippen molar-refractivity contribution in [3.8, 4) is 0 Å². The monoisotopic (exact) mass is 184 g/mol. The van der Waals surface area contributed by atoms with Gasteiger partial charge in [0.2, 0.25) is 0 Å². The second-order valence-electron chi connectivity index (χ2n) is 0.973. The van der Waals surface area contributed by atoms with Crippen LogP contribution in [0.3, 0.4) is 0 Å². The maximum atomic E-state index is 9.61. The molecule has 0 aliphatic rings. The normalized spacial score (nSPS) is 10.4. The summed E-state index contributed by atoms with van der Waals surface area (Å²) in [6, 6.07) is 0. The van der Waals surface area contributed by atoms with Gasteiger partial charge in [-0.1, -0.05) is 0 Å². The molecule has 7 heteroatoms. The van der Waals surface area contributed by atoms with Gasteiger partial charge < -0.3 is 5.11 Å². The third-order valence-corrected chi connectivity index (χ3v) is 0.788. The molecule has 0 aromatic heterocycles. The van der Waals surface area contributed by atoms with Crippen LogP contribution in [0.2, 0.25) is 0 Å². The maximum absolute atomic E-state index is 9.61. The van der Waals surface area contributed by atoms with Crippen molar-refractivity contribution >= 4 is 48.1 Å². The molecule has 0 amide bonds. The van der Waals surface area contributed by atoms with Crippen molar-refractivity contribution in [2.24, 2.45) is 0 Å². The van der Waals surface area contributed by atoms with Crippen LogP contribution in [0.5, 0.6) is 0 Å². The Morgan fingerprint density at radius 1 is 1.44 bits per heavy atom. The number of hydrogen-bond donors (Lipinski definition) is 2. The molecule has 0 aromatic rings. The van der Waals surface area contributed by atoms with Crippen molar-refractivity contribution in [3.05, 3.63) is 0 Å². The SMILES string of the molecule is O=S(=O)(O)OCCO.[CaH2]. The van der Waals surface area contributed by atoms with E-state index in [4.69, 9.17) is 9.66 Å². The van der Waals surface area contributed by atoms with E-state index in [1.807, 2.05) is 0 Å². The Hall–Kier alpha value is 1.09. The Kier molecular flexibility index (Phi) is 8.27. The Labute approximate surface area is 83.0 Å². The molecule has 0 saturated carbocycles. The van der Waals surface area contributed by atoms with E-state index in [0.717, 1.165) is 0 Å². The molecule has 0 aliphatic carbocycles. The molecule has 0 saturated heterocycles. The second-order valence-corrected chi connectivity index (χ2v) is 2.06. The summed E-state index contributed by atoms with van der Waals surface area (Å²) in [5, 5.41) is 7.93. The average molecular weight is 184 g/mol. The Morgan fingerprint density at radius 3 is 2.00 bits per heavy atom. The van der Waals surface area contributed by atoms with Crippen LogP contribution in [0.15, 0.2) is 0 Å². The van der Waals surface area contributed by atoms with Crippen LogP contribution in [0.1, 0.15) is 0 Å². The van der Waals surface area contributed by atoms with Gasteiger partial charge in [-0.25, -0.2) is 4.18 Å². The van der Waals surface area contributed by atoms with Gasteiger partial charge in [0.25, 0.3) is 0 Å². The third kappa shape index (κ3) is 12.3. The topological polar surface area (TPSA) is 83.8 Å². The van der Waals surface area contributed by atoms with Crippen LogP contribution >= 0.6 is 0 Å². The summed E-state index contributed by atoms with van der Waals surface area (Å²) < 4.78 is 30.7. The van der Waals surface area contributed by atoms with Crippen molar-refractivity contribution in [2.45, 2.75) is 0 Å². The molecular weight excluding hydrogens is 176 g/mol. The minimum atomic E-state index is -4.35. The first-order valence-electron chi connectivity index (χ1n) is 1.79. The molecule has 0 rings (SSSR count). The minimum absolute atomic E-state index is 0. The molecule has 54 valence electrons. The van der Waals surface area contributed by atoms with Gasteiger partial charge in [-0.15, -0.1) is 0 Å². The number of aliphatic hydroxyl groups is 1. The van der Waals surface area contributed by atoms with E-state index in [0.29, 0.717) is 0 Å². The summed E-state index contributed by atoms with van der Waals surface area (Å²) in [4.78, 5) is 0. The van der Waals surface area contributed by atoms with Gasteiger partial charge in [-0.3, -0.25) is 4.55 Å². The van der Waals surface area contributed by atoms with Gasteiger partial charge in [0.15, 0.2) is 0 Å². The fourth-order valence-corrected chi connectivity index (χ4v) is 0.428. The number of hydrogen-bond acceptors (Lipinski definition) is 4. The predicted octanol–water partition coefficient (Wildman–Crippen LogP) is -2.12. The van der Waals surface area contributed by atoms with Gasteiger partial charge in [-0.05, 0) is 0 Å². The first-order valence-corrected chi connectivity index (χ1v) is 3.15.